The minimum atomic E-state index is -0.400. The third-order valence-electron chi connectivity index (χ3n) is 4.87. The number of rotatable bonds is 5. The molecule has 0 radical (unpaired) electrons. The molecule has 0 unspecified atom stereocenters. The number of benzene rings is 2. The Balaban J connectivity index is 1.85. The number of methoxy groups -OCH3 is 1. The monoisotopic (exact) mass is 401 g/mol. The van der Waals surface area contributed by atoms with Gasteiger partial charge in [0.2, 0.25) is 0 Å². The number of hydrogen-bond donors (Lipinski definition) is 0. The van der Waals surface area contributed by atoms with Gasteiger partial charge < -0.3 is 9.64 Å². The van der Waals surface area contributed by atoms with Crippen LogP contribution in [0.15, 0.2) is 72.9 Å². The summed E-state index contributed by atoms with van der Waals surface area (Å²) in [5, 5.41) is 0.812. The number of aromatic nitrogens is 2. The number of halogens is 1. The molecule has 0 fully saturated rings. The van der Waals surface area contributed by atoms with Crippen LogP contribution in [0.2, 0.25) is 0 Å². The van der Waals surface area contributed by atoms with Gasteiger partial charge in [-0.05, 0) is 60.7 Å². The van der Waals surface area contributed by atoms with Gasteiger partial charge in [0.15, 0.2) is 0 Å². The zero-order valence-corrected chi connectivity index (χ0v) is 16.7. The highest BCUT2D eigenvalue weighted by molar-refractivity contribution is 5.96. The topological polar surface area (TPSA) is 55.3 Å². The average Bonchev–Trinajstić information content (AvgIpc) is 2.78. The molecule has 0 saturated heterocycles. The first-order chi connectivity index (χ1) is 14.5. The van der Waals surface area contributed by atoms with Gasteiger partial charge in [-0.15, -0.1) is 0 Å². The lowest BCUT2D eigenvalue weighted by atomic mass is 10.0. The fourth-order valence-corrected chi connectivity index (χ4v) is 3.34. The average molecular weight is 401 g/mol. The highest BCUT2D eigenvalue weighted by atomic mass is 19.1. The molecule has 0 saturated carbocycles. The van der Waals surface area contributed by atoms with Crippen LogP contribution in [0.5, 0.6) is 0 Å². The van der Waals surface area contributed by atoms with Gasteiger partial charge in [0, 0.05) is 24.2 Å². The molecule has 150 valence electrons. The number of pyridine rings is 2. The van der Waals surface area contributed by atoms with Crippen molar-refractivity contribution in [2.45, 2.75) is 6.54 Å². The van der Waals surface area contributed by atoms with Crippen molar-refractivity contribution >= 4 is 22.6 Å². The standard InChI is InChI=1S/C24H20FN3O2/c1-28(15-20-5-3-4-12-26-20)22-14-18-13-17(24(29)30-2)8-11-21(18)27-23(22)16-6-9-19(25)10-7-16/h3-14H,15H2,1-2H3. The molecule has 5 nitrogen and oxygen atoms in total. The fourth-order valence-electron chi connectivity index (χ4n) is 3.34. The molecule has 2 aromatic carbocycles. The van der Waals surface area contributed by atoms with Crippen LogP contribution in [0.4, 0.5) is 10.1 Å². The summed E-state index contributed by atoms with van der Waals surface area (Å²) in [7, 11) is 3.31. The Bertz CT molecular complexity index is 1190. The van der Waals surface area contributed by atoms with E-state index in [2.05, 4.69) is 4.98 Å². The highest BCUT2D eigenvalue weighted by Crippen LogP contribution is 2.33. The van der Waals surface area contributed by atoms with E-state index in [-0.39, 0.29) is 5.82 Å². The molecular formula is C24H20FN3O2. The van der Waals surface area contributed by atoms with E-state index < -0.39 is 5.97 Å². The van der Waals surface area contributed by atoms with Gasteiger partial charge in [-0.3, -0.25) is 4.98 Å². The molecule has 4 rings (SSSR count). The minimum Gasteiger partial charge on any atom is -0.465 e. The number of esters is 1. The quantitative estimate of drug-likeness (QED) is 0.447. The number of ether oxygens (including phenoxy) is 1. The van der Waals surface area contributed by atoms with Crippen LogP contribution >= 0.6 is 0 Å². The van der Waals surface area contributed by atoms with Gasteiger partial charge in [0.25, 0.3) is 0 Å². The van der Waals surface area contributed by atoms with E-state index in [9.17, 15) is 9.18 Å². The van der Waals surface area contributed by atoms with Crippen molar-refractivity contribution in [2.75, 3.05) is 19.1 Å². The molecule has 0 aliphatic heterocycles. The lowest BCUT2D eigenvalue weighted by Gasteiger charge is -2.22. The summed E-state index contributed by atoms with van der Waals surface area (Å²) < 4.78 is 18.3. The van der Waals surface area contributed by atoms with Gasteiger partial charge >= 0.3 is 5.97 Å². The molecule has 6 heteroatoms. The normalized spacial score (nSPS) is 10.8. The Hall–Kier alpha value is -3.80. The molecule has 0 bridgehead atoms. The van der Waals surface area contributed by atoms with Crippen LogP contribution in [-0.2, 0) is 11.3 Å². The van der Waals surface area contributed by atoms with Gasteiger partial charge in [-0.1, -0.05) is 6.07 Å². The predicted octanol–water partition coefficient (Wildman–Crippen LogP) is 4.86. The van der Waals surface area contributed by atoms with E-state index in [0.29, 0.717) is 12.1 Å². The third-order valence-corrected chi connectivity index (χ3v) is 4.87. The van der Waals surface area contributed by atoms with Crippen molar-refractivity contribution in [3.8, 4) is 11.3 Å². The zero-order chi connectivity index (χ0) is 21.1. The first-order valence-electron chi connectivity index (χ1n) is 9.45. The van der Waals surface area contributed by atoms with Crippen molar-refractivity contribution < 1.29 is 13.9 Å². The van der Waals surface area contributed by atoms with Gasteiger partial charge in [-0.2, -0.15) is 0 Å². The minimum absolute atomic E-state index is 0.300. The van der Waals surface area contributed by atoms with Crippen molar-refractivity contribution in [2.24, 2.45) is 0 Å². The number of fused-ring (bicyclic) bond motifs is 1. The second-order valence-electron chi connectivity index (χ2n) is 6.94. The van der Waals surface area contributed by atoms with Crippen LogP contribution in [-0.4, -0.2) is 30.1 Å². The molecule has 0 atom stereocenters. The molecule has 4 aromatic rings. The number of nitrogens with zero attached hydrogens (tertiary/aromatic N) is 3. The van der Waals surface area contributed by atoms with Gasteiger partial charge in [-0.25, -0.2) is 14.2 Å². The summed E-state index contributed by atoms with van der Waals surface area (Å²) >= 11 is 0. The Morgan fingerprint density at radius 1 is 1.07 bits per heavy atom. The summed E-state index contributed by atoms with van der Waals surface area (Å²) in [6.07, 6.45) is 1.76. The highest BCUT2D eigenvalue weighted by Gasteiger charge is 2.15. The maximum atomic E-state index is 13.5. The smallest absolute Gasteiger partial charge is 0.337 e. The van der Waals surface area contributed by atoms with Crippen LogP contribution < -0.4 is 4.90 Å². The summed E-state index contributed by atoms with van der Waals surface area (Å²) in [5.41, 5.74) is 4.48. The Morgan fingerprint density at radius 3 is 2.57 bits per heavy atom. The van der Waals surface area contributed by atoms with Crippen LogP contribution in [0.1, 0.15) is 16.1 Å². The van der Waals surface area contributed by atoms with E-state index in [1.165, 1.54) is 19.2 Å². The molecule has 0 N–H and O–H groups in total. The van der Waals surface area contributed by atoms with E-state index in [1.807, 2.05) is 36.2 Å². The summed E-state index contributed by atoms with van der Waals surface area (Å²) in [4.78, 5) is 23.2. The Kier molecular flexibility index (Phi) is 5.39. The van der Waals surface area contributed by atoms with Crippen LogP contribution in [0.3, 0.4) is 0 Å². The van der Waals surface area contributed by atoms with Gasteiger partial charge in [0.05, 0.1) is 41.8 Å². The molecule has 2 heterocycles. The van der Waals surface area contributed by atoms with Crippen LogP contribution in [0, 0.1) is 5.82 Å². The first kappa shape index (κ1) is 19.5. The second-order valence-corrected chi connectivity index (χ2v) is 6.94. The van der Waals surface area contributed by atoms with Crippen LogP contribution in [0.25, 0.3) is 22.2 Å². The summed E-state index contributed by atoms with van der Waals surface area (Å²) in [6, 6.07) is 19.3. The predicted molar refractivity (Wildman–Crippen MR) is 115 cm³/mol. The Morgan fingerprint density at radius 2 is 1.87 bits per heavy atom. The number of carbonyl (C=O) groups excluding carboxylic acids is 1. The van der Waals surface area contributed by atoms with Crippen molar-refractivity contribution in [1.82, 2.24) is 9.97 Å². The fraction of sp³-hybridized carbons (Fsp3) is 0.125. The van der Waals surface area contributed by atoms with Crippen molar-refractivity contribution in [3.63, 3.8) is 0 Å². The zero-order valence-electron chi connectivity index (χ0n) is 16.7. The molecule has 0 amide bonds. The third kappa shape index (κ3) is 3.98. The largest absolute Gasteiger partial charge is 0.465 e. The van der Waals surface area contributed by atoms with Crippen molar-refractivity contribution in [1.29, 1.82) is 0 Å². The number of carbonyl (C=O) groups is 1. The molecule has 0 aliphatic rings. The second kappa shape index (κ2) is 8.29. The van der Waals surface area contributed by atoms with E-state index >= 15 is 0 Å². The Labute approximate surface area is 173 Å². The summed E-state index contributed by atoms with van der Waals surface area (Å²) in [5.74, 6) is -0.700. The lowest BCUT2D eigenvalue weighted by Crippen LogP contribution is -2.18. The van der Waals surface area contributed by atoms with E-state index in [1.54, 1.807) is 36.5 Å². The van der Waals surface area contributed by atoms with Gasteiger partial charge in [0.1, 0.15) is 5.82 Å². The number of anilines is 1. The molecule has 0 spiro atoms. The SMILES string of the molecule is COC(=O)c1ccc2nc(-c3ccc(F)cc3)c(N(C)Cc3ccccn3)cc2c1. The molecule has 30 heavy (non-hydrogen) atoms. The number of hydrogen-bond acceptors (Lipinski definition) is 5. The summed E-state index contributed by atoms with van der Waals surface area (Å²) in [6.45, 7) is 0.568. The first-order valence-corrected chi connectivity index (χ1v) is 9.45. The van der Waals surface area contributed by atoms with E-state index in [4.69, 9.17) is 9.72 Å². The lowest BCUT2D eigenvalue weighted by molar-refractivity contribution is 0.0601. The molecule has 0 aliphatic carbocycles. The maximum Gasteiger partial charge on any atom is 0.337 e. The molecule has 2 aromatic heterocycles. The molecular weight excluding hydrogens is 381 g/mol. The maximum absolute atomic E-state index is 13.5. The van der Waals surface area contributed by atoms with Crippen molar-refractivity contribution in [3.05, 3.63) is 90.0 Å². The van der Waals surface area contributed by atoms with E-state index in [0.717, 1.165) is 33.5 Å².